The van der Waals surface area contributed by atoms with Crippen LogP contribution >= 0.6 is 0 Å². The van der Waals surface area contributed by atoms with Crippen LogP contribution in [0, 0.1) is 6.92 Å². The monoisotopic (exact) mass is 350 g/mol. The Bertz CT molecular complexity index is 798. The maximum Gasteiger partial charge on any atom is 0.122 e. The lowest BCUT2D eigenvalue weighted by Crippen LogP contribution is -2.13. The summed E-state index contributed by atoms with van der Waals surface area (Å²) in [5, 5.41) is 10.9. The second kappa shape index (κ2) is 7.31. The van der Waals surface area contributed by atoms with Crippen LogP contribution in [0.1, 0.15) is 74.9 Å². The Morgan fingerprint density at radius 1 is 0.885 bits per heavy atom. The fourth-order valence-corrected chi connectivity index (χ4v) is 3.36. The summed E-state index contributed by atoms with van der Waals surface area (Å²) >= 11 is 0. The molecule has 2 aromatic carbocycles. The van der Waals surface area contributed by atoms with E-state index in [4.69, 9.17) is 0 Å². The van der Waals surface area contributed by atoms with Crippen LogP contribution in [-0.4, -0.2) is 5.11 Å². The van der Waals surface area contributed by atoms with Gasteiger partial charge in [0.15, 0.2) is 0 Å². The van der Waals surface area contributed by atoms with Gasteiger partial charge in [-0.05, 0) is 52.0 Å². The zero-order chi connectivity index (χ0) is 19.7. The van der Waals surface area contributed by atoms with Crippen molar-refractivity contribution < 1.29 is 5.11 Å². The lowest BCUT2D eigenvalue weighted by atomic mass is 9.82. The number of phenols is 1. The van der Waals surface area contributed by atoms with Gasteiger partial charge in [-0.2, -0.15) is 0 Å². The lowest BCUT2D eigenvalue weighted by Gasteiger charge is -2.24. The third kappa shape index (κ3) is 4.78. The predicted molar refractivity (Wildman–Crippen MR) is 113 cm³/mol. The molecule has 0 saturated heterocycles. The molecule has 0 fully saturated rings. The highest BCUT2D eigenvalue weighted by Gasteiger charge is 2.21. The van der Waals surface area contributed by atoms with E-state index in [-0.39, 0.29) is 10.8 Å². The SMILES string of the molecule is C=CCc1cc(Cc2cc(C)cc(C(C)(C)C)c2O)cc(C(C)(C)C)c1. The average molecular weight is 351 g/mol. The van der Waals surface area contributed by atoms with Gasteiger partial charge in [0, 0.05) is 6.42 Å². The number of hydrogen-bond acceptors (Lipinski definition) is 1. The van der Waals surface area contributed by atoms with Crippen molar-refractivity contribution in [2.45, 2.75) is 72.1 Å². The van der Waals surface area contributed by atoms with Gasteiger partial charge in [0.25, 0.3) is 0 Å². The molecule has 2 rings (SSSR count). The third-order valence-electron chi connectivity index (χ3n) is 4.83. The molecule has 26 heavy (non-hydrogen) atoms. The highest BCUT2D eigenvalue weighted by atomic mass is 16.3. The molecule has 0 aliphatic carbocycles. The van der Waals surface area contributed by atoms with Crippen molar-refractivity contribution in [2.24, 2.45) is 0 Å². The zero-order valence-electron chi connectivity index (χ0n) is 17.5. The fraction of sp³-hybridized carbons (Fsp3) is 0.440. The number of allylic oxidation sites excluding steroid dienone is 1. The summed E-state index contributed by atoms with van der Waals surface area (Å²) in [6.45, 7) is 19.2. The van der Waals surface area contributed by atoms with E-state index in [2.05, 4.69) is 85.4 Å². The van der Waals surface area contributed by atoms with Crippen LogP contribution in [0.5, 0.6) is 5.75 Å². The number of aromatic hydroxyl groups is 1. The molecule has 2 aromatic rings. The van der Waals surface area contributed by atoms with Gasteiger partial charge in [0.05, 0.1) is 0 Å². The molecule has 0 radical (unpaired) electrons. The summed E-state index contributed by atoms with van der Waals surface area (Å²) in [5.74, 6) is 0.439. The number of benzene rings is 2. The minimum atomic E-state index is -0.0773. The van der Waals surface area contributed by atoms with Crippen molar-refractivity contribution in [1.82, 2.24) is 0 Å². The molecular weight excluding hydrogens is 316 g/mol. The Hall–Kier alpha value is -2.02. The first-order chi connectivity index (χ1) is 11.9. The topological polar surface area (TPSA) is 20.2 Å². The van der Waals surface area contributed by atoms with E-state index in [0.29, 0.717) is 5.75 Å². The number of phenolic OH excluding ortho intramolecular Hbond substituents is 1. The molecule has 0 heterocycles. The molecule has 0 spiro atoms. The molecule has 0 aliphatic rings. The Labute approximate surface area is 159 Å². The summed E-state index contributed by atoms with van der Waals surface area (Å²) in [6.07, 6.45) is 3.56. The predicted octanol–water partition coefficient (Wildman–Crippen LogP) is 6.61. The van der Waals surface area contributed by atoms with Gasteiger partial charge in [-0.3, -0.25) is 0 Å². The summed E-state index contributed by atoms with van der Waals surface area (Å²) < 4.78 is 0. The van der Waals surface area contributed by atoms with Crippen molar-refractivity contribution in [3.05, 3.63) is 76.4 Å². The quantitative estimate of drug-likeness (QED) is 0.615. The van der Waals surface area contributed by atoms with Gasteiger partial charge < -0.3 is 5.11 Å². The summed E-state index contributed by atoms with van der Waals surface area (Å²) in [7, 11) is 0. The molecule has 0 atom stereocenters. The van der Waals surface area contributed by atoms with E-state index in [9.17, 15) is 5.11 Å². The van der Waals surface area contributed by atoms with E-state index >= 15 is 0 Å². The summed E-state index contributed by atoms with van der Waals surface area (Å²) in [6, 6.07) is 11.0. The van der Waals surface area contributed by atoms with E-state index in [1.165, 1.54) is 22.3 Å². The number of rotatable bonds is 4. The molecule has 1 N–H and O–H groups in total. The number of hydrogen-bond donors (Lipinski definition) is 1. The van der Waals surface area contributed by atoms with Crippen LogP contribution in [0.15, 0.2) is 43.0 Å². The van der Waals surface area contributed by atoms with Gasteiger partial charge in [-0.25, -0.2) is 0 Å². The Kier molecular flexibility index (Phi) is 5.70. The molecule has 0 amide bonds. The molecule has 1 nitrogen and oxygen atoms in total. The average Bonchev–Trinajstić information content (AvgIpc) is 2.48. The van der Waals surface area contributed by atoms with Gasteiger partial charge in [-0.15, -0.1) is 6.58 Å². The van der Waals surface area contributed by atoms with Crippen molar-refractivity contribution >= 4 is 0 Å². The minimum Gasteiger partial charge on any atom is -0.507 e. The van der Waals surface area contributed by atoms with Crippen LogP contribution in [0.3, 0.4) is 0 Å². The molecule has 0 bridgehead atoms. The summed E-state index contributed by atoms with van der Waals surface area (Å²) in [5.41, 5.74) is 7.09. The van der Waals surface area contributed by atoms with Gasteiger partial charge in [0.2, 0.25) is 0 Å². The maximum atomic E-state index is 10.9. The van der Waals surface area contributed by atoms with Crippen molar-refractivity contribution in [2.75, 3.05) is 0 Å². The van der Waals surface area contributed by atoms with Crippen LogP contribution < -0.4 is 0 Å². The Balaban J connectivity index is 2.53. The highest BCUT2D eigenvalue weighted by Crippen LogP contribution is 2.36. The normalized spacial score (nSPS) is 12.3. The second-order valence-electron chi connectivity index (χ2n) is 9.53. The first-order valence-corrected chi connectivity index (χ1v) is 9.49. The van der Waals surface area contributed by atoms with Crippen molar-refractivity contribution in [3.8, 4) is 5.75 Å². The van der Waals surface area contributed by atoms with E-state index in [0.717, 1.165) is 24.0 Å². The van der Waals surface area contributed by atoms with Crippen molar-refractivity contribution in [3.63, 3.8) is 0 Å². The molecule has 0 unspecified atom stereocenters. The van der Waals surface area contributed by atoms with Crippen LogP contribution in [0.2, 0.25) is 0 Å². The van der Waals surface area contributed by atoms with Gasteiger partial charge in [-0.1, -0.05) is 83.5 Å². The molecule has 0 saturated carbocycles. The molecule has 140 valence electrons. The minimum absolute atomic E-state index is 0.0773. The zero-order valence-corrected chi connectivity index (χ0v) is 17.5. The first-order valence-electron chi connectivity index (χ1n) is 9.49. The van der Waals surface area contributed by atoms with Crippen LogP contribution in [0.25, 0.3) is 0 Å². The fourth-order valence-electron chi connectivity index (χ4n) is 3.36. The van der Waals surface area contributed by atoms with Crippen molar-refractivity contribution in [1.29, 1.82) is 0 Å². The van der Waals surface area contributed by atoms with E-state index < -0.39 is 0 Å². The highest BCUT2D eigenvalue weighted by molar-refractivity contribution is 5.49. The van der Waals surface area contributed by atoms with Gasteiger partial charge >= 0.3 is 0 Å². The molecule has 1 heteroatoms. The standard InChI is InChI=1S/C25H34O/c1-9-10-18-13-19(16-21(15-18)24(3,4)5)14-20-11-17(2)12-22(23(20)26)25(6,7)8/h9,11-13,15-16,26H,1,10,14H2,2-8H3. The van der Waals surface area contributed by atoms with Crippen LogP contribution in [0.4, 0.5) is 0 Å². The number of aryl methyl sites for hydroxylation is 1. The Morgan fingerprint density at radius 2 is 1.50 bits per heavy atom. The van der Waals surface area contributed by atoms with Gasteiger partial charge in [0.1, 0.15) is 5.75 Å². The first kappa shape index (κ1) is 20.3. The second-order valence-corrected chi connectivity index (χ2v) is 9.53. The third-order valence-corrected chi connectivity index (χ3v) is 4.83. The maximum absolute atomic E-state index is 10.9. The largest absolute Gasteiger partial charge is 0.507 e. The Morgan fingerprint density at radius 3 is 2.04 bits per heavy atom. The lowest BCUT2D eigenvalue weighted by molar-refractivity contribution is 0.441. The molecular formula is C25H34O. The van der Waals surface area contributed by atoms with E-state index in [1.807, 2.05) is 6.08 Å². The molecule has 0 aromatic heterocycles. The molecule has 0 aliphatic heterocycles. The van der Waals surface area contributed by atoms with Crippen LogP contribution in [-0.2, 0) is 23.7 Å². The summed E-state index contributed by atoms with van der Waals surface area (Å²) in [4.78, 5) is 0. The smallest absolute Gasteiger partial charge is 0.122 e. The van der Waals surface area contributed by atoms with E-state index in [1.54, 1.807) is 0 Å².